The third-order valence-corrected chi connectivity index (χ3v) is 3.89. The van der Waals surface area contributed by atoms with E-state index in [1.54, 1.807) is 13.2 Å². The Labute approximate surface area is 134 Å². The Balaban J connectivity index is 2.18. The molecule has 106 valence electrons. The fourth-order valence-electron chi connectivity index (χ4n) is 1.74. The highest BCUT2D eigenvalue weighted by atomic mass is 79.9. The second-order valence-corrected chi connectivity index (χ2v) is 5.95. The van der Waals surface area contributed by atoms with Crippen molar-refractivity contribution >= 4 is 31.9 Å². The molecule has 0 spiro atoms. The van der Waals surface area contributed by atoms with E-state index in [2.05, 4.69) is 31.9 Å². The zero-order valence-corrected chi connectivity index (χ0v) is 14.1. The number of methoxy groups -OCH3 is 1. The number of rotatable bonds is 5. The van der Waals surface area contributed by atoms with Crippen molar-refractivity contribution in [2.24, 2.45) is 0 Å². The first-order valence-corrected chi connectivity index (χ1v) is 7.57. The summed E-state index contributed by atoms with van der Waals surface area (Å²) in [6.07, 6.45) is 0. The van der Waals surface area contributed by atoms with Gasteiger partial charge in [-0.2, -0.15) is 0 Å². The molecule has 0 bridgehead atoms. The van der Waals surface area contributed by atoms with E-state index in [9.17, 15) is 5.11 Å². The summed E-state index contributed by atoms with van der Waals surface area (Å²) in [6.45, 7) is 0.405. The van der Waals surface area contributed by atoms with Crippen molar-refractivity contribution in [3.05, 3.63) is 56.5 Å². The Bertz CT molecular complexity index is 582. The molecule has 2 rings (SSSR count). The minimum Gasteiger partial charge on any atom is -0.493 e. The minimum atomic E-state index is -0.0397. The van der Waals surface area contributed by atoms with E-state index < -0.39 is 0 Å². The summed E-state index contributed by atoms with van der Waals surface area (Å²) in [6, 6.07) is 11.5. The van der Waals surface area contributed by atoms with Crippen LogP contribution in [0.15, 0.2) is 45.3 Å². The largest absolute Gasteiger partial charge is 0.493 e. The van der Waals surface area contributed by atoms with Crippen LogP contribution in [0.5, 0.6) is 11.5 Å². The zero-order chi connectivity index (χ0) is 14.5. The SMILES string of the molecule is COc1cc(CO)cc(Br)c1OCc1ccc(Br)cc1. The average molecular weight is 402 g/mol. The summed E-state index contributed by atoms with van der Waals surface area (Å²) in [5.74, 6) is 1.23. The summed E-state index contributed by atoms with van der Waals surface area (Å²) in [4.78, 5) is 0. The number of aliphatic hydroxyl groups is 1. The smallest absolute Gasteiger partial charge is 0.175 e. The molecule has 0 fully saturated rings. The number of ether oxygens (including phenoxy) is 2. The molecule has 3 nitrogen and oxygen atoms in total. The molecule has 0 radical (unpaired) electrons. The highest BCUT2D eigenvalue weighted by molar-refractivity contribution is 9.10. The average Bonchev–Trinajstić information content (AvgIpc) is 2.47. The van der Waals surface area contributed by atoms with Gasteiger partial charge >= 0.3 is 0 Å². The van der Waals surface area contributed by atoms with Crippen molar-refractivity contribution in [3.63, 3.8) is 0 Å². The summed E-state index contributed by atoms with van der Waals surface area (Å²) < 4.78 is 12.9. The number of benzene rings is 2. The van der Waals surface area contributed by atoms with E-state index in [4.69, 9.17) is 9.47 Å². The van der Waals surface area contributed by atoms with Crippen molar-refractivity contribution in [2.75, 3.05) is 7.11 Å². The van der Waals surface area contributed by atoms with Gasteiger partial charge in [-0.25, -0.2) is 0 Å². The van der Waals surface area contributed by atoms with Crippen LogP contribution in [0, 0.1) is 0 Å². The van der Waals surface area contributed by atoms with Gasteiger partial charge in [0.2, 0.25) is 0 Å². The molecule has 0 saturated heterocycles. The maximum absolute atomic E-state index is 9.19. The Morgan fingerprint density at radius 2 is 1.75 bits per heavy atom. The number of hydrogen-bond acceptors (Lipinski definition) is 3. The van der Waals surface area contributed by atoms with Gasteiger partial charge in [0, 0.05) is 4.47 Å². The number of hydrogen-bond donors (Lipinski definition) is 1. The van der Waals surface area contributed by atoms with E-state index >= 15 is 0 Å². The van der Waals surface area contributed by atoms with Crippen molar-refractivity contribution in [1.82, 2.24) is 0 Å². The Morgan fingerprint density at radius 3 is 2.35 bits per heavy atom. The second kappa shape index (κ2) is 7.11. The van der Waals surface area contributed by atoms with E-state index in [1.807, 2.05) is 30.3 Å². The topological polar surface area (TPSA) is 38.7 Å². The molecule has 0 aliphatic heterocycles. The zero-order valence-electron chi connectivity index (χ0n) is 10.9. The van der Waals surface area contributed by atoms with Gasteiger partial charge in [-0.3, -0.25) is 0 Å². The van der Waals surface area contributed by atoms with Crippen molar-refractivity contribution in [1.29, 1.82) is 0 Å². The third kappa shape index (κ3) is 3.75. The van der Waals surface area contributed by atoms with Gasteiger partial charge < -0.3 is 14.6 Å². The Morgan fingerprint density at radius 1 is 1.05 bits per heavy atom. The first kappa shape index (κ1) is 15.4. The predicted molar refractivity (Wildman–Crippen MR) is 85.1 cm³/mol. The molecule has 2 aromatic rings. The minimum absolute atomic E-state index is 0.0397. The van der Waals surface area contributed by atoms with Crippen LogP contribution in [0.25, 0.3) is 0 Å². The fraction of sp³-hybridized carbons (Fsp3) is 0.200. The lowest BCUT2D eigenvalue weighted by Gasteiger charge is -2.14. The highest BCUT2D eigenvalue weighted by Crippen LogP contribution is 2.37. The summed E-state index contributed by atoms with van der Waals surface area (Å²) in [5, 5.41) is 9.19. The maximum Gasteiger partial charge on any atom is 0.175 e. The molecule has 0 unspecified atom stereocenters. The van der Waals surface area contributed by atoms with Crippen molar-refractivity contribution in [2.45, 2.75) is 13.2 Å². The summed E-state index contributed by atoms with van der Waals surface area (Å²) in [5.41, 5.74) is 1.83. The van der Waals surface area contributed by atoms with Gasteiger partial charge in [0.05, 0.1) is 18.2 Å². The molecule has 0 aliphatic carbocycles. The normalized spacial score (nSPS) is 10.4. The van der Waals surface area contributed by atoms with E-state index in [0.29, 0.717) is 18.1 Å². The first-order valence-electron chi connectivity index (χ1n) is 5.98. The van der Waals surface area contributed by atoms with Crippen LogP contribution in [-0.4, -0.2) is 12.2 Å². The predicted octanol–water partition coefficient (Wildman–Crippen LogP) is 4.29. The molecule has 0 aliphatic rings. The monoisotopic (exact) mass is 400 g/mol. The lowest BCUT2D eigenvalue weighted by molar-refractivity contribution is 0.273. The quantitative estimate of drug-likeness (QED) is 0.811. The van der Waals surface area contributed by atoms with Crippen LogP contribution in [0.4, 0.5) is 0 Å². The lowest BCUT2D eigenvalue weighted by Crippen LogP contribution is -1.99. The lowest BCUT2D eigenvalue weighted by atomic mass is 10.2. The molecule has 2 aromatic carbocycles. The van der Waals surface area contributed by atoms with Gasteiger partial charge in [0.1, 0.15) is 6.61 Å². The number of aliphatic hydroxyl groups excluding tert-OH is 1. The van der Waals surface area contributed by atoms with Crippen molar-refractivity contribution < 1.29 is 14.6 Å². The molecule has 1 N–H and O–H groups in total. The van der Waals surface area contributed by atoms with E-state index in [0.717, 1.165) is 20.1 Å². The molecule has 0 aromatic heterocycles. The van der Waals surface area contributed by atoms with Gasteiger partial charge in [0.25, 0.3) is 0 Å². The summed E-state index contributed by atoms with van der Waals surface area (Å²) in [7, 11) is 1.58. The van der Waals surface area contributed by atoms with Crippen LogP contribution < -0.4 is 9.47 Å². The number of halogens is 2. The molecule has 0 amide bonds. The van der Waals surface area contributed by atoms with E-state index in [1.165, 1.54) is 0 Å². The first-order chi connectivity index (χ1) is 9.63. The van der Waals surface area contributed by atoms with Gasteiger partial charge in [-0.15, -0.1) is 0 Å². The Kier molecular flexibility index (Phi) is 5.46. The van der Waals surface area contributed by atoms with Gasteiger partial charge in [-0.1, -0.05) is 28.1 Å². The molecule has 0 heterocycles. The van der Waals surface area contributed by atoms with E-state index in [-0.39, 0.29) is 6.61 Å². The summed E-state index contributed by atoms with van der Waals surface area (Å²) >= 11 is 6.84. The molecule has 20 heavy (non-hydrogen) atoms. The van der Waals surface area contributed by atoms with Crippen molar-refractivity contribution in [3.8, 4) is 11.5 Å². The van der Waals surface area contributed by atoms with Crippen LogP contribution in [0.1, 0.15) is 11.1 Å². The second-order valence-electron chi connectivity index (χ2n) is 4.18. The Hall–Kier alpha value is -1.04. The molecule has 0 saturated carbocycles. The van der Waals surface area contributed by atoms with Crippen LogP contribution in [-0.2, 0) is 13.2 Å². The standard InChI is InChI=1S/C15H14Br2O3/c1-19-14-7-11(8-18)6-13(17)15(14)20-9-10-2-4-12(16)5-3-10/h2-7,18H,8-9H2,1H3. The van der Waals surface area contributed by atoms with Crippen LogP contribution >= 0.6 is 31.9 Å². The van der Waals surface area contributed by atoms with Crippen LogP contribution in [0.2, 0.25) is 0 Å². The fourth-order valence-corrected chi connectivity index (χ4v) is 2.61. The molecule has 0 atom stereocenters. The van der Waals surface area contributed by atoms with Crippen LogP contribution in [0.3, 0.4) is 0 Å². The molecular weight excluding hydrogens is 388 g/mol. The maximum atomic E-state index is 9.19. The third-order valence-electron chi connectivity index (χ3n) is 2.77. The molecular formula is C15H14Br2O3. The highest BCUT2D eigenvalue weighted by Gasteiger charge is 2.11. The van der Waals surface area contributed by atoms with Gasteiger partial charge in [0.15, 0.2) is 11.5 Å². The molecule has 5 heteroatoms. The van der Waals surface area contributed by atoms with Gasteiger partial charge in [-0.05, 0) is 51.3 Å².